The number of carbonyl (C=O) groups excluding carboxylic acids is 1. The normalized spacial score (nSPS) is 19.5. The van der Waals surface area contributed by atoms with Crippen molar-refractivity contribution in [3.8, 4) is 11.3 Å². The summed E-state index contributed by atoms with van der Waals surface area (Å²) in [7, 11) is 0. The first-order chi connectivity index (χ1) is 13.2. The quantitative estimate of drug-likeness (QED) is 0.788. The van der Waals surface area contributed by atoms with Gasteiger partial charge in [0.2, 0.25) is 0 Å². The van der Waals surface area contributed by atoms with Gasteiger partial charge in [0.15, 0.2) is 0 Å². The molecule has 7 heteroatoms. The minimum absolute atomic E-state index is 0.444. The first-order valence-corrected chi connectivity index (χ1v) is 9.64. The molecule has 1 aromatic heterocycles. The Hall–Kier alpha value is -2.67. The molecule has 1 aliphatic heterocycles. The second-order valence-corrected chi connectivity index (χ2v) is 8.23. The molecule has 1 amide bonds. The molecule has 0 bridgehead atoms. The van der Waals surface area contributed by atoms with Crippen LogP contribution in [0, 0.1) is 0 Å². The summed E-state index contributed by atoms with van der Waals surface area (Å²) in [5, 5.41) is 2.80. The monoisotopic (exact) mass is 383 g/mol. The third kappa shape index (κ3) is 4.78. The molecular formula is C21H29N5O2. The van der Waals surface area contributed by atoms with E-state index in [-0.39, 0.29) is 0 Å². The van der Waals surface area contributed by atoms with E-state index in [0.29, 0.717) is 19.5 Å². The fourth-order valence-corrected chi connectivity index (χ4v) is 3.35. The maximum Gasteiger partial charge on any atom is 0.409 e. The zero-order valence-electron chi connectivity index (χ0n) is 17.0. The number of rotatable bonds is 4. The highest BCUT2D eigenvalue weighted by atomic mass is 16.6. The molecule has 2 heterocycles. The Labute approximate surface area is 166 Å². The Bertz CT molecular complexity index is 849. The van der Waals surface area contributed by atoms with Crippen LogP contribution in [0.4, 0.5) is 10.6 Å². The molecule has 1 atom stereocenters. The molecule has 3 N–H and O–H groups in total. The summed E-state index contributed by atoms with van der Waals surface area (Å²) in [5.74, 6) is 0.752. The Kier molecular flexibility index (Phi) is 5.56. The lowest BCUT2D eigenvalue weighted by Crippen LogP contribution is -2.58. The van der Waals surface area contributed by atoms with Crippen molar-refractivity contribution in [3.63, 3.8) is 0 Å². The summed E-state index contributed by atoms with van der Waals surface area (Å²) in [6.45, 7) is 8.73. The Morgan fingerprint density at radius 1 is 1.32 bits per heavy atom. The lowest BCUT2D eigenvalue weighted by atomic mass is 10.0. The molecule has 1 fully saturated rings. The van der Waals surface area contributed by atoms with Gasteiger partial charge in [0.25, 0.3) is 0 Å². The molecule has 1 aromatic carbocycles. The molecule has 28 heavy (non-hydrogen) atoms. The van der Waals surface area contributed by atoms with Gasteiger partial charge in [-0.25, -0.2) is 9.78 Å². The summed E-state index contributed by atoms with van der Waals surface area (Å²) >= 11 is 0. The first kappa shape index (κ1) is 20.1. The molecule has 0 aliphatic carbocycles. The minimum Gasteiger partial charge on any atom is -0.444 e. The predicted octanol–water partition coefficient (Wildman–Crippen LogP) is 3.10. The van der Waals surface area contributed by atoms with E-state index in [1.54, 1.807) is 12.4 Å². The Morgan fingerprint density at radius 3 is 2.79 bits per heavy atom. The number of ether oxygens (including phenoxy) is 1. The van der Waals surface area contributed by atoms with Crippen LogP contribution in [-0.2, 0) is 11.2 Å². The van der Waals surface area contributed by atoms with Gasteiger partial charge in [0.05, 0.1) is 24.6 Å². The Morgan fingerprint density at radius 2 is 2.07 bits per heavy atom. The van der Waals surface area contributed by atoms with Gasteiger partial charge in [-0.05, 0) is 32.8 Å². The largest absolute Gasteiger partial charge is 0.444 e. The van der Waals surface area contributed by atoms with Crippen LogP contribution >= 0.6 is 0 Å². The average Bonchev–Trinajstić information content (AvgIpc) is 3.01. The van der Waals surface area contributed by atoms with Crippen molar-refractivity contribution in [1.82, 2.24) is 15.3 Å². The minimum atomic E-state index is -0.860. The SMILES string of the molecule is CCc1ccccc1-c1cncc(N2CC[C@@](N)(NC(=O)OC(C)(C)C)C2)n1. The summed E-state index contributed by atoms with van der Waals surface area (Å²) in [5.41, 5.74) is 8.13. The molecule has 150 valence electrons. The summed E-state index contributed by atoms with van der Waals surface area (Å²) in [6, 6.07) is 8.21. The van der Waals surface area contributed by atoms with Crippen LogP contribution in [0.5, 0.6) is 0 Å². The highest BCUT2D eigenvalue weighted by molar-refractivity contribution is 5.69. The number of carbonyl (C=O) groups is 1. The molecule has 3 rings (SSSR count). The smallest absolute Gasteiger partial charge is 0.409 e. The van der Waals surface area contributed by atoms with E-state index in [1.165, 1.54) is 5.56 Å². The topological polar surface area (TPSA) is 93.4 Å². The zero-order chi connectivity index (χ0) is 20.4. The second-order valence-electron chi connectivity index (χ2n) is 8.23. The molecule has 0 unspecified atom stereocenters. The van der Waals surface area contributed by atoms with Gasteiger partial charge in [0.1, 0.15) is 17.1 Å². The molecule has 2 aromatic rings. The molecule has 0 saturated carbocycles. The van der Waals surface area contributed by atoms with Crippen molar-refractivity contribution < 1.29 is 9.53 Å². The van der Waals surface area contributed by atoms with Gasteiger partial charge < -0.3 is 20.7 Å². The lowest BCUT2D eigenvalue weighted by molar-refractivity contribution is 0.0467. The fraction of sp³-hybridized carbons (Fsp3) is 0.476. The van der Waals surface area contributed by atoms with Crippen LogP contribution in [0.3, 0.4) is 0 Å². The van der Waals surface area contributed by atoms with Gasteiger partial charge in [-0.3, -0.25) is 4.98 Å². The van der Waals surface area contributed by atoms with Crippen molar-refractivity contribution in [2.45, 2.75) is 51.8 Å². The van der Waals surface area contributed by atoms with E-state index < -0.39 is 17.4 Å². The average molecular weight is 383 g/mol. The number of nitrogens with one attached hydrogen (secondary N) is 1. The van der Waals surface area contributed by atoms with Gasteiger partial charge in [0, 0.05) is 18.5 Å². The van der Waals surface area contributed by atoms with Gasteiger partial charge in [-0.1, -0.05) is 31.2 Å². The predicted molar refractivity (Wildman–Crippen MR) is 110 cm³/mol. The van der Waals surface area contributed by atoms with E-state index in [1.807, 2.05) is 37.8 Å². The van der Waals surface area contributed by atoms with Gasteiger partial charge in [-0.2, -0.15) is 0 Å². The summed E-state index contributed by atoms with van der Waals surface area (Å²) in [6.07, 6.45) is 4.54. The molecule has 7 nitrogen and oxygen atoms in total. The molecule has 0 radical (unpaired) electrons. The van der Waals surface area contributed by atoms with E-state index in [0.717, 1.165) is 23.5 Å². The van der Waals surface area contributed by atoms with Crippen LogP contribution in [0.25, 0.3) is 11.3 Å². The third-order valence-electron chi connectivity index (χ3n) is 4.67. The van der Waals surface area contributed by atoms with Crippen LogP contribution in [0.1, 0.15) is 39.7 Å². The van der Waals surface area contributed by atoms with Crippen molar-refractivity contribution in [1.29, 1.82) is 0 Å². The van der Waals surface area contributed by atoms with Crippen LogP contribution < -0.4 is 16.0 Å². The number of aromatic nitrogens is 2. The number of nitrogens with zero attached hydrogens (tertiary/aromatic N) is 3. The second kappa shape index (κ2) is 7.75. The van der Waals surface area contributed by atoms with Crippen molar-refractivity contribution in [2.24, 2.45) is 5.73 Å². The molecule has 0 spiro atoms. The number of aryl methyl sites for hydroxylation is 1. The van der Waals surface area contributed by atoms with Gasteiger partial charge in [-0.15, -0.1) is 0 Å². The number of benzene rings is 1. The van der Waals surface area contributed by atoms with Crippen LogP contribution in [0.2, 0.25) is 0 Å². The number of alkyl carbamates (subject to hydrolysis) is 1. The lowest BCUT2D eigenvalue weighted by Gasteiger charge is -2.28. The molecule has 1 aliphatic rings. The van der Waals surface area contributed by atoms with Crippen LogP contribution in [0.15, 0.2) is 36.7 Å². The number of hydrogen-bond acceptors (Lipinski definition) is 6. The zero-order valence-corrected chi connectivity index (χ0v) is 17.0. The highest BCUT2D eigenvalue weighted by Crippen LogP contribution is 2.26. The number of anilines is 1. The molecular weight excluding hydrogens is 354 g/mol. The van der Waals surface area contributed by atoms with Crippen molar-refractivity contribution in [2.75, 3.05) is 18.0 Å². The number of amides is 1. The van der Waals surface area contributed by atoms with E-state index in [9.17, 15) is 4.79 Å². The van der Waals surface area contributed by atoms with E-state index in [2.05, 4.69) is 29.4 Å². The third-order valence-corrected chi connectivity index (χ3v) is 4.67. The summed E-state index contributed by atoms with van der Waals surface area (Å²) < 4.78 is 5.33. The number of nitrogens with two attached hydrogens (primary N) is 1. The van der Waals surface area contributed by atoms with Crippen molar-refractivity contribution in [3.05, 3.63) is 42.2 Å². The number of hydrogen-bond donors (Lipinski definition) is 2. The summed E-state index contributed by atoms with van der Waals surface area (Å²) in [4.78, 5) is 23.3. The maximum absolute atomic E-state index is 12.1. The maximum atomic E-state index is 12.1. The highest BCUT2D eigenvalue weighted by Gasteiger charge is 2.37. The fourth-order valence-electron chi connectivity index (χ4n) is 3.35. The van der Waals surface area contributed by atoms with Gasteiger partial charge >= 0.3 is 6.09 Å². The first-order valence-electron chi connectivity index (χ1n) is 9.64. The van der Waals surface area contributed by atoms with E-state index in [4.69, 9.17) is 15.5 Å². The van der Waals surface area contributed by atoms with Crippen LogP contribution in [-0.4, -0.2) is 40.4 Å². The standard InChI is InChI=1S/C21H29N5O2/c1-5-15-8-6-7-9-16(15)17-12-23-13-18(24-17)26-11-10-21(22,14-26)25-19(27)28-20(2,3)4/h6-9,12-13H,5,10-11,14,22H2,1-4H3,(H,25,27)/t21-/m1/s1. The van der Waals surface area contributed by atoms with Crippen molar-refractivity contribution >= 4 is 11.9 Å². The molecule has 1 saturated heterocycles. The van der Waals surface area contributed by atoms with E-state index >= 15 is 0 Å². The Balaban J connectivity index is 1.74.